The van der Waals surface area contributed by atoms with Gasteiger partial charge in [-0.1, -0.05) is 37.3 Å². The fourth-order valence-electron chi connectivity index (χ4n) is 3.87. The minimum absolute atomic E-state index is 0.0125. The first-order valence-electron chi connectivity index (χ1n) is 9.56. The maximum absolute atomic E-state index is 12.9. The second-order valence-corrected chi connectivity index (χ2v) is 9.21. The molecule has 2 heterocycles. The Labute approximate surface area is 156 Å². The van der Waals surface area contributed by atoms with Crippen molar-refractivity contribution in [2.24, 2.45) is 0 Å². The van der Waals surface area contributed by atoms with Gasteiger partial charge in [0.25, 0.3) is 0 Å². The molecular weight excluding hydrogens is 350 g/mol. The molecular formula is C19H29N3O3S. The van der Waals surface area contributed by atoms with Crippen molar-refractivity contribution in [1.29, 1.82) is 0 Å². The monoisotopic (exact) mass is 379 g/mol. The van der Waals surface area contributed by atoms with Gasteiger partial charge in [-0.2, -0.15) is 4.31 Å². The second kappa shape index (κ2) is 8.50. The van der Waals surface area contributed by atoms with Crippen molar-refractivity contribution in [3.8, 4) is 0 Å². The van der Waals surface area contributed by atoms with E-state index in [9.17, 15) is 13.2 Å². The molecule has 3 rings (SSSR count). The van der Waals surface area contributed by atoms with E-state index >= 15 is 0 Å². The van der Waals surface area contributed by atoms with Crippen LogP contribution in [0.2, 0.25) is 0 Å². The number of hydrogen-bond acceptors (Lipinski definition) is 4. The maximum atomic E-state index is 12.9. The summed E-state index contributed by atoms with van der Waals surface area (Å²) in [6.07, 6.45) is 2.00. The van der Waals surface area contributed by atoms with E-state index in [2.05, 4.69) is 17.0 Å². The molecule has 2 saturated heterocycles. The van der Waals surface area contributed by atoms with Gasteiger partial charge in [0.2, 0.25) is 15.9 Å². The van der Waals surface area contributed by atoms with E-state index in [4.69, 9.17) is 0 Å². The fourth-order valence-corrected chi connectivity index (χ4v) is 5.61. The van der Waals surface area contributed by atoms with Crippen molar-refractivity contribution in [3.63, 3.8) is 0 Å². The molecule has 0 N–H and O–H groups in total. The minimum Gasteiger partial charge on any atom is -0.339 e. The summed E-state index contributed by atoms with van der Waals surface area (Å²) in [6, 6.07) is 9.84. The first kappa shape index (κ1) is 19.3. The Balaban J connectivity index is 1.56. The van der Waals surface area contributed by atoms with E-state index < -0.39 is 16.1 Å². The van der Waals surface area contributed by atoms with E-state index in [1.165, 1.54) is 9.87 Å². The zero-order valence-corrected chi connectivity index (χ0v) is 16.3. The number of amides is 1. The Morgan fingerprint density at radius 3 is 2.42 bits per heavy atom. The molecule has 1 atom stereocenters. The normalized spacial score (nSPS) is 22.7. The number of nitrogens with zero attached hydrogens (tertiary/aromatic N) is 3. The van der Waals surface area contributed by atoms with Crippen LogP contribution in [0, 0.1) is 0 Å². The summed E-state index contributed by atoms with van der Waals surface area (Å²) >= 11 is 0. The number of hydrogen-bond donors (Lipinski definition) is 0. The SMILES string of the molecule is CCCS(=O)(=O)N1CCCC1C(=O)N1CCN(Cc2ccccc2)CC1. The van der Waals surface area contributed by atoms with Crippen LogP contribution >= 0.6 is 0 Å². The molecule has 6 nitrogen and oxygen atoms in total. The Kier molecular flexibility index (Phi) is 6.32. The lowest BCUT2D eigenvalue weighted by Gasteiger charge is -2.37. The third-order valence-corrected chi connectivity index (χ3v) is 7.32. The molecule has 0 radical (unpaired) electrons. The average molecular weight is 380 g/mol. The fraction of sp³-hybridized carbons (Fsp3) is 0.632. The van der Waals surface area contributed by atoms with Gasteiger partial charge < -0.3 is 4.90 Å². The predicted molar refractivity (Wildman–Crippen MR) is 102 cm³/mol. The number of piperazine rings is 1. The van der Waals surface area contributed by atoms with Crippen molar-refractivity contribution >= 4 is 15.9 Å². The quantitative estimate of drug-likeness (QED) is 0.752. The van der Waals surface area contributed by atoms with Gasteiger partial charge in [-0.15, -0.1) is 0 Å². The van der Waals surface area contributed by atoms with Crippen molar-refractivity contribution in [2.75, 3.05) is 38.5 Å². The molecule has 2 fully saturated rings. The first-order valence-corrected chi connectivity index (χ1v) is 11.2. The van der Waals surface area contributed by atoms with Crippen LogP contribution in [0.3, 0.4) is 0 Å². The third kappa shape index (κ3) is 4.45. The van der Waals surface area contributed by atoms with Gasteiger partial charge in [-0.3, -0.25) is 9.69 Å². The summed E-state index contributed by atoms with van der Waals surface area (Å²) in [6.45, 7) is 6.23. The molecule has 144 valence electrons. The lowest BCUT2D eigenvalue weighted by atomic mass is 10.1. The van der Waals surface area contributed by atoms with Crippen LogP contribution in [-0.4, -0.2) is 72.9 Å². The zero-order valence-electron chi connectivity index (χ0n) is 15.5. The zero-order chi connectivity index (χ0) is 18.6. The summed E-state index contributed by atoms with van der Waals surface area (Å²) in [7, 11) is -3.32. The Bertz CT molecular complexity index is 700. The molecule has 7 heteroatoms. The first-order chi connectivity index (χ1) is 12.5. The van der Waals surface area contributed by atoms with Crippen molar-refractivity contribution in [2.45, 2.75) is 38.8 Å². The Hall–Kier alpha value is -1.44. The summed E-state index contributed by atoms with van der Waals surface area (Å²) in [4.78, 5) is 17.1. The summed E-state index contributed by atoms with van der Waals surface area (Å²) in [5.74, 6) is 0.114. The molecule has 0 aromatic heterocycles. The van der Waals surface area contributed by atoms with E-state index in [0.717, 1.165) is 26.1 Å². The van der Waals surface area contributed by atoms with E-state index in [1.54, 1.807) is 0 Å². The predicted octanol–water partition coefficient (Wildman–Crippen LogP) is 1.53. The number of rotatable bonds is 6. The van der Waals surface area contributed by atoms with Gasteiger partial charge in [0.1, 0.15) is 6.04 Å². The van der Waals surface area contributed by atoms with Crippen molar-refractivity contribution in [1.82, 2.24) is 14.1 Å². The van der Waals surface area contributed by atoms with Crippen LogP contribution in [0.5, 0.6) is 0 Å². The Morgan fingerprint density at radius 2 is 1.77 bits per heavy atom. The van der Waals surface area contributed by atoms with Gasteiger partial charge in [-0.25, -0.2) is 8.42 Å². The second-order valence-electron chi connectivity index (χ2n) is 7.17. The van der Waals surface area contributed by atoms with Crippen LogP contribution in [0.1, 0.15) is 31.7 Å². The number of benzene rings is 1. The largest absolute Gasteiger partial charge is 0.339 e. The number of carbonyl (C=O) groups excluding carboxylic acids is 1. The minimum atomic E-state index is -3.32. The van der Waals surface area contributed by atoms with Crippen LogP contribution in [0.15, 0.2) is 30.3 Å². The van der Waals surface area contributed by atoms with Crippen LogP contribution in [0.4, 0.5) is 0 Å². The van der Waals surface area contributed by atoms with Gasteiger partial charge in [0, 0.05) is 39.3 Å². The van der Waals surface area contributed by atoms with Crippen molar-refractivity contribution in [3.05, 3.63) is 35.9 Å². The molecule has 1 amide bonds. The molecule has 0 aliphatic carbocycles. The molecule has 1 aromatic carbocycles. The topological polar surface area (TPSA) is 60.9 Å². The van der Waals surface area contributed by atoms with Crippen LogP contribution in [0.25, 0.3) is 0 Å². The van der Waals surface area contributed by atoms with E-state index in [-0.39, 0.29) is 11.7 Å². The lowest BCUT2D eigenvalue weighted by Crippen LogP contribution is -2.54. The summed E-state index contributed by atoms with van der Waals surface area (Å²) < 4.78 is 26.3. The molecule has 2 aliphatic rings. The van der Waals surface area contributed by atoms with Crippen molar-refractivity contribution < 1.29 is 13.2 Å². The Morgan fingerprint density at radius 1 is 1.08 bits per heavy atom. The highest BCUT2D eigenvalue weighted by Crippen LogP contribution is 2.24. The number of carbonyl (C=O) groups is 1. The summed E-state index contributed by atoms with van der Waals surface area (Å²) in [5.41, 5.74) is 1.28. The van der Waals surface area contributed by atoms with Crippen LogP contribution in [-0.2, 0) is 21.4 Å². The van der Waals surface area contributed by atoms with Gasteiger partial charge >= 0.3 is 0 Å². The molecule has 0 bridgehead atoms. The van der Waals surface area contributed by atoms with Gasteiger partial charge in [0.15, 0.2) is 0 Å². The highest BCUT2D eigenvalue weighted by Gasteiger charge is 2.40. The van der Waals surface area contributed by atoms with E-state index in [0.29, 0.717) is 32.5 Å². The third-order valence-electron chi connectivity index (χ3n) is 5.24. The standard InChI is InChI=1S/C19H29N3O3S/c1-2-15-26(24,25)22-10-6-9-18(22)19(23)21-13-11-20(12-14-21)16-17-7-4-3-5-8-17/h3-5,7-8,18H,2,6,9-16H2,1H3. The molecule has 1 unspecified atom stereocenters. The van der Waals surface area contributed by atoms with Crippen LogP contribution < -0.4 is 0 Å². The molecule has 26 heavy (non-hydrogen) atoms. The smallest absolute Gasteiger partial charge is 0.241 e. The number of sulfonamides is 1. The van der Waals surface area contributed by atoms with Gasteiger partial charge in [0.05, 0.1) is 5.75 Å². The maximum Gasteiger partial charge on any atom is 0.241 e. The summed E-state index contributed by atoms with van der Waals surface area (Å²) in [5, 5.41) is 0. The molecule has 2 aliphatic heterocycles. The average Bonchev–Trinajstić information content (AvgIpc) is 3.13. The molecule has 0 spiro atoms. The van der Waals surface area contributed by atoms with Gasteiger partial charge in [-0.05, 0) is 24.8 Å². The van der Waals surface area contributed by atoms with E-state index in [1.807, 2.05) is 30.0 Å². The lowest BCUT2D eigenvalue weighted by molar-refractivity contribution is -0.136. The highest BCUT2D eigenvalue weighted by molar-refractivity contribution is 7.89. The molecule has 1 aromatic rings. The highest BCUT2D eigenvalue weighted by atomic mass is 32.2. The molecule has 0 saturated carbocycles.